The highest BCUT2D eigenvalue weighted by Gasteiger charge is 2.39. The van der Waals surface area contributed by atoms with Crippen LogP contribution in [0.15, 0.2) is 76.0 Å². The second-order valence-electron chi connectivity index (χ2n) is 8.77. The molecule has 9 nitrogen and oxygen atoms in total. The Morgan fingerprint density at radius 1 is 1.19 bits per heavy atom. The van der Waals surface area contributed by atoms with E-state index in [-0.39, 0.29) is 24.1 Å². The number of hydrogen-bond donors (Lipinski definition) is 1. The highest BCUT2D eigenvalue weighted by atomic mass is 32.2. The summed E-state index contributed by atoms with van der Waals surface area (Å²) in [6, 6.07) is 9.36. The van der Waals surface area contributed by atoms with Gasteiger partial charge < -0.3 is 10.1 Å². The summed E-state index contributed by atoms with van der Waals surface area (Å²) < 4.78 is 33.3. The molecule has 3 heterocycles. The Hall–Kier alpha value is -2.99. The summed E-state index contributed by atoms with van der Waals surface area (Å²) in [6.45, 7) is 8.04. The molecule has 0 radical (unpaired) electrons. The van der Waals surface area contributed by atoms with E-state index in [2.05, 4.69) is 16.8 Å². The maximum Gasteiger partial charge on any atom is 0.338 e. The van der Waals surface area contributed by atoms with E-state index < -0.39 is 22.0 Å². The molecule has 37 heavy (non-hydrogen) atoms. The molecular formula is C26H32N4O5S2. The van der Waals surface area contributed by atoms with Gasteiger partial charge in [0.2, 0.25) is 10.0 Å². The van der Waals surface area contributed by atoms with Gasteiger partial charge in [-0.3, -0.25) is 9.80 Å². The van der Waals surface area contributed by atoms with Crippen LogP contribution in [0, 0.1) is 0 Å². The molecule has 1 N–H and O–H groups in total. The number of sulfonamides is 1. The van der Waals surface area contributed by atoms with E-state index in [1.54, 1.807) is 43.3 Å². The average molecular weight is 545 g/mol. The number of nitrogens with zero attached hydrogens (tertiary/aromatic N) is 3. The van der Waals surface area contributed by atoms with Gasteiger partial charge in [0.15, 0.2) is 0 Å². The van der Waals surface area contributed by atoms with Crippen molar-refractivity contribution < 1.29 is 22.7 Å². The van der Waals surface area contributed by atoms with Gasteiger partial charge in [0.25, 0.3) is 0 Å². The summed E-state index contributed by atoms with van der Waals surface area (Å²) in [5.74, 6) is -0.481. The van der Waals surface area contributed by atoms with E-state index in [0.29, 0.717) is 50.4 Å². The highest BCUT2D eigenvalue weighted by molar-refractivity contribution is 7.89. The minimum Gasteiger partial charge on any atom is -0.463 e. The van der Waals surface area contributed by atoms with E-state index in [0.717, 1.165) is 5.56 Å². The number of nitrogens with one attached hydrogen (secondary N) is 1. The number of benzene rings is 1. The molecule has 1 fully saturated rings. The third-order valence-corrected chi connectivity index (χ3v) is 9.04. The van der Waals surface area contributed by atoms with Crippen LogP contribution in [0.1, 0.15) is 24.9 Å². The molecule has 2 amide bonds. The number of ether oxygens (including phenoxy) is 1. The largest absolute Gasteiger partial charge is 0.463 e. The predicted molar refractivity (Wildman–Crippen MR) is 142 cm³/mol. The van der Waals surface area contributed by atoms with Crippen molar-refractivity contribution in [2.45, 2.75) is 24.3 Å². The maximum atomic E-state index is 13.2. The fourth-order valence-electron chi connectivity index (χ4n) is 4.63. The van der Waals surface area contributed by atoms with Crippen molar-refractivity contribution in [3.63, 3.8) is 0 Å². The van der Waals surface area contributed by atoms with E-state index in [1.807, 2.05) is 16.8 Å². The lowest BCUT2D eigenvalue weighted by molar-refractivity contribution is -0.139. The Morgan fingerprint density at radius 3 is 2.65 bits per heavy atom. The van der Waals surface area contributed by atoms with Crippen LogP contribution in [-0.4, -0.2) is 80.4 Å². The fraction of sp³-hybridized carbons (Fsp3) is 0.385. The zero-order valence-corrected chi connectivity index (χ0v) is 22.5. The molecule has 0 bridgehead atoms. The molecule has 0 spiro atoms. The minimum absolute atomic E-state index is 0.206. The third-order valence-electron chi connectivity index (χ3n) is 6.42. The predicted octanol–water partition coefficient (Wildman–Crippen LogP) is 3.21. The van der Waals surface area contributed by atoms with Gasteiger partial charge in [-0.25, -0.2) is 18.0 Å². The van der Waals surface area contributed by atoms with Crippen LogP contribution >= 0.6 is 11.3 Å². The van der Waals surface area contributed by atoms with E-state index in [1.165, 1.54) is 20.5 Å². The Kier molecular flexibility index (Phi) is 8.80. The monoisotopic (exact) mass is 544 g/mol. The van der Waals surface area contributed by atoms with Gasteiger partial charge in [0, 0.05) is 38.4 Å². The van der Waals surface area contributed by atoms with Crippen LogP contribution in [0.4, 0.5) is 4.79 Å². The van der Waals surface area contributed by atoms with Crippen LogP contribution in [0.3, 0.4) is 0 Å². The average Bonchev–Trinajstić information content (AvgIpc) is 3.32. The molecule has 4 rings (SSSR count). The molecule has 11 heteroatoms. The van der Waals surface area contributed by atoms with Crippen LogP contribution in [0.2, 0.25) is 0 Å². The number of hydrogen-bond acceptors (Lipinski definition) is 7. The second kappa shape index (κ2) is 12.0. The standard InChI is InChI=1S/C26H32N4O5S2/c1-3-12-30-22(23(25(31)35-4-2)24(27-26(30)32)20-11-17-36-19-20)18-28-13-8-14-29(16-15-28)37(33,34)21-9-6-5-7-10-21/h3,5-7,9-11,17,19,24H,1,4,8,12-16,18H2,2H3,(H,27,32). The molecule has 1 atom stereocenters. The summed E-state index contributed by atoms with van der Waals surface area (Å²) in [6.07, 6.45) is 2.24. The molecule has 0 aliphatic carbocycles. The molecule has 1 saturated heterocycles. The lowest BCUT2D eigenvalue weighted by Crippen LogP contribution is -2.51. The quantitative estimate of drug-likeness (QED) is 0.385. The van der Waals surface area contributed by atoms with Gasteiger partial charge in [-0.2, -0.15) is 15.6 Å². The van der Waals surface area contributed by atoms with Crippen LogP contribution in [0.5, 0.6) is 0 Å². The molecule has 1 aromatic carbocycles. The molecule has 0 saturated carbocycles. The summed E-state index contributed by atoms with van der Waals surface area (Å²) in [5.41, 5.74) is 1.76. The van der Waals surface area contributed by atoms with Crippen molar-refractivity contribution in [1.82, 2.24) is 19.4 Å². The highest BCUT2D eigenvalue weighted by Crippen LogP contribution is 2.33. The number of urea groups is 1. The maximum absolute atomic E-state index is 13.2. The van der Waals surface area contributed by atoms with Crippen molar-refractivity contribution in [2.24, 2.45) is 0 Å². The fourth-order valence-corrected chi connectivity index (χ4v) is 6.81. The van der Waals surface area contributed by atoms with E-state index in [4.69, 9.17) is 4.74 Å². The van der Waals surface area contributed by atoms with Gasteiger partial charge in [-0.1, -0.05) is 24.3 Å². The van der Waals surface area contributed by atoms with Gasteiger partial charge in [-0.15, -0.1) is 6.58 Å². The van der Waals surface area contributed by atoms with E-state index in [9.17, 15) is 18.0 Å². The molecule has 2 aliphatic heterocycles. The van der Waals surface area contributed by atoms with E-state index >= 15 is 0 Å². The molecule has 1 unspecified atom stereocenters. The van der Waals surface area contributed by atoms with Gasteiger partial charge in [0.1, 0.15) is 0 Å². The smallest absolute Gasteiger partial charge is 0.338 e. The number of amides is 2. The number of rotatable bonds is 9. The van der Waals surface area contributed by atoms with Gasteiger partial charge >= 0.3 is 12.0 Å². The van der Waals surface area contributed by atoms with Crippen molar-refractivity contribution >= 4 is 33.4 Å². The number of carbonyl (C=O) groups is 2. The summed E-state index contributed by atoms with van der Waals surface area (Å²) in [4.78, 5) is 30.3. The molecule has 1 aromatic heterocycles. The Balaban J connectivity index is 1.64. The van der Waals surface area contributed by atoms with Crippen molar-refractivity contribution in [1.29, 1.82) is 0 Å². The first kappa shape index (κ1) is 27.1. The van der Waals surface area contributed by atoms with Gasteiger partial charge in [0.05, 0.1) is 23.1 Å². The first-order valence-electron chi connectivity index (χ1n) is 12.3. The second-order valence-corrected chi connectivity index (χ2v) is 11.5. The Morgan fingerprint density at radius 2 is 1.97 bits per heavy atom. The van der Waals surface area contributed by atoms with Crippen molar-refractivity contribution in [3.05, 3.63) is 76.6 Å². The lowest BCUT2D eigenvalue weighted by Gasteiger charge is -2.37. The first-order chi connectivity index (χ1) is 17.9. The zero-order chi connectivity index (χ0) is 26.4. The van der Waals surface area contributed by atoms with Crippen molar-refractivity contribution in [2.75, 3.05) is 45.9 Å². The SMILES string of the molecule is C=CCN1C(=O)NC(c2ccsc2)C(C(=O)OCC)=C1CN1CCCN(S(=O)(=O)c2ccccc2)CC1. The summed E-state index contributed by atoms with van der Waals surface area (Å²) in [5, 5.41) is 6.75. The topological polar surface area (TPSA) is 99.3 Å². The molecule has 198 valence electrons. The summed E-state index contributed by atoms with van der Waals surface area (Å²) >= 11 is 1.48. The molecular weight excluding hydrogens is 512 g/mol. The Labute approximate surface area is 222 Å². The number of thiophene rings is 1. The Bertz CT molecular complexity index is 1250. The molecule has 2 aliphatic rings. The normalized spacial score (nSPS) is 19.9. The van der Waals surface area contributed by atoms with Crippen LogP contribution < -0.4 is 5.32 Å². The van der Waals surface area contributed by atoms with Gasteiger partial charge in [-0.05, 0) is 54.4 Å². The zero-order valence-electron chi connectivity index (χ0n) is 20.8. The van der Waals surface area contributed by atoms with Crippen LogP contribution in [-0.2, 0) is 19.6 Å². The summed E-state index contributed by atoms with van der Waals surface area (Å²) in [7, 11) is -3.61. The number of carbonyl (C=O) groups excluding carboxylic acids is 2. The van der Waals surface area contributed by atoms with Crippen LogP contribution in [0.25, 0.3) is 0 Å². The van der Waals surface area contributed by atoms with Crippen molar-refractivity contribution in [3.8, 4) is 0 Å². The first-order valence-corrected chi connectivity index (χ1v) is 14.6. The minimum atomic E-state index is -3.61. The number of esters is 1. The molecule has 2 aromatic rings. The third kappa shape index (κ3) is 5.96. The lowest BCUT2D eigenvalue weighted by atomic mass is 9.96.